The minimum atomic E-state index is -1.10. The van der Waals surface area contributed by atoms with Crippen LogP contribution in [0.15, 0.2) is 60.7 Å². The number of aryl methyl sites for hydroxylation is 1. The van der Waals surface area contributed by atoms with E-state index in [1.807, 2.05) is 37.3 Å². The summed E-state index contributed by atoms with van der Waals surface area (Å²) < 4.78 is 6.15. The van der Waals surface area contributed by atoms with Crippen LogP contribution < -0.4 is 10.1 Å². The lowest BCUT2D eigenvalue weighted by molar-refractivity contribution is -0.111. The van der Waals surface area contributed by atoms with E-state index in [4.69, 9.17) is 4.74 Å². The molecule has 0 atom stereocenters. The molecule has 0 heterocycles. The summed E-state index contributed by atoms with van der Waals surface area (Å²) in [6, 6.07) is 15.9. The predicted octanol–water partition coefficient (Wildman–Crippen LogP) is 7.22. The molecule has 6 heteroatoms. The summed E-state index contributed by atoms with van der Waals surface area (Å²) in [7, 11) is 0. The number of ether oxygens (including phenoxy) is 1. The molecule has 3 aromatic carbocycles. The number of phenolic OH excluding ortho intramolecular Hbond substituents is 1. The number of nitrogens with one attached hydrogen (secondary N) is 1. The van der Waals surface area contributed by atoms with Crippen LogP contribution in [0.5, 0.6) is 11.5 Å². The number of amides is 1. The van der Waals surface area contributed by atoms with E-state index in [1.54, 1.807) is 24.3 Å². The topological polar surface area (TPSA) is 95.9 Å². The van der Waals surface area contributed by atoms with Crippen molar-refractivity contribution in [3.05, 3.63) is 94.1 Å². The highest BCUT2D eigenvalue weighted by Crippen LogP contribution is 2.40. The Morgan fingerprint density at radius 3 is 2.08 bits per heavy atom. The molecule has 0 bridgehead atoms. The van der Waals surface area contributed by atoms with Crippen molar-refractivity contribution < 1.29 is 24.5 Å². The van der Waals surface area contributed by atoms with E-state index < -0.39 is 11.9 Å². The maximum Gasteiger partial charge on any atom is 0.337 e. The van der Waals surface area contributed by atoms with Gasteiger partial charge < -0.3 is 20.3 Å². The van der Waals surface area contributed by atoms with Gasteiger partial charge in [-0.1, -0.05) is 59.7 Å². The van der Waals surface area contributed by atoms with Gasteiger partial charge in [-0.2, -0.15) is 0 Å². The number of anilines is 1. The van der Waals surface area contributed by atoms with Gasteiger partial charge in [-0.15, -0.1) is 0 Å². The van der Waals surface area contributed by atoms with E-state index in [1.165, 1.54) is 12.1 Å². The van der Waals surface area contributed by atoms with Crippen LogP contribution in [0.1, 0.15) is 79.7 Å². The van der Waals surface area contributed by atoms with E-state index in [2.05, 4.69) is 46.9 Å². The molecule has 3 N–H and O–H groups in total. The Bertz CT molecular complexity index is 1340. The van der Waals surface area contributed by atoms with Gasteiger partial charge in [0.05, 0.1) is 11.3 Å². The first kappa shape index (κ1) is 28.5. The number of carboxylic acid groups (broad SMARTS) is 1. The Morgan fingerprint density at radius 1 is 0.921 bits per heavy atom. The summed E-state index contributed by atoms with van der Waals surface area (Å²) in [6.45, 7) is 14.8. The second-order valence-electron chi connectivity index (χ2n) is 11.5. The maximum atomic E-state index is 12.4. The summed E-state index contributed by atoms with van der Waals surface area (Å²) >= 11 is 0. The molecule has 0 saturated heterocycles. The van der Waals surface area contributed by atoms with Crippen molar-refractivity contribution in [2.45, 2.75) is 65.9 Å². The second-order valence-corrected chi connectivity index (χ2v) is 11.5. The standard InChI is InChI=1S/C32H37NO5/c1-20-16-21(13-15-28(34)33-26-11-9-8-10-23(26)30(36)37)12-14-27(20)38-19-22-17-24(31(2,3)4)29(35)25(18-22)32(5,6)7/h8-18,35H,19H2,1-7H3,(H,33,34)(H,36,37)/b15-13+. The Morgan fingerprint density at radius 2 is 1.53 bits per heavy atom. The molecule has 0 aliphatic rings. The second kappa shape index (κ2) is 11.1. The molecule has 0 saturated carbocycles. The number of para-hydroxylation sites is 1. The Kier molecular flexibility index (Phi) is 8.35. The highest BCUT2D eigenvalue weighted by atomic mass is 16.5. The number of benzene rings is 3. The van der Waals surface area contributed by atoms with Crippen LogP contribution >= 0.6 is 0 Å². The van der Waals surface area contributed by atoms with Gasteiger partial charge >= 0.3 is 5.97 Å². The van der Waals surface area contributed by atoms with Gasteiger partial charge in [0.25, 0.3) is 0 Å². The van der Waals surface area contributed by atoms with Crippen LogP contribution in [0.25, 0.3) is 6.08 Å². The third-order valence-corrected chi connectivity index (χ3v) is 6.22. The van der Waals surface area contributed by atoms with Gasteiger partial charge in [-0.05, 0) is 88.0 Å². The van der Waals surface area contributed by atoms with Crippen molar-refractivity contribution >= 4 is 23.6 Å². The lowest BCUT2D eigenvalue weighted by atomic mass is 9.78. The molecule has 0 aliphatic heterocycles. The zero-order valence-electron chi connectivity index (χ0n) is 23.2. The van der Waals surface area contributed by atoms with Crippen LogP contribution in [0.4, 0.5) is 5.69 Å². The Labute approximate surface area is 225 Å². The molecular weight excluding hydrogens is 478 g/mol. The zero-order chi connectivity index (χ0) is 28.3. The van der Waals surface area contributed by atoms with Gasteiger partial charge in [-0.3, -0.25) is 4.79 Å². The van der Waals surface area contributed by atoms with Gasteiger partial charge in [0.1, 0.15) is 18.1 Å². The van der Waals surface area contributed by atoms with E-state index in [0.29, 0.717) is 12.4 Å². The van der Waals surface area contributed by atoms with Gasteiger partial charge in [0.15, 0.2) is 0 Å². The maximum absolute atomic E-state index is 12.4. The van der Waals surface area contributed by atoms with Crippen molar-refractivity contribution in [2.75, 3.05) is 5.32 Å². The highest BCUT2D eigenvalue weighted by Gasteiger charge is 2.26. The monoisotopic (exact) mass is 515 g/mol. The first-order valence-electron chi connectivity index (χ1n) is 12.6. The highest BCUT2D eigenvalue weighted by molar-refractivity contribution is 6.06. The number of carbonyl (C=O) groups excluding carboxylic acids is 1. The minimum absolute atomic E-state index is 0.0319. The number of carboxylic acids is 1. The van der Waals surface area contributed by atoms with Gasteiger partial charge in [0, 0.05) is 6.08 Å². The fraction of sp³-hybridized carbons (Fsp3) is 0.312. The molecule has 0 aromatic heterocycles. The van der Waals surface area contributed by atoms with Gasteiger partial charge in [0.2, 0.25) is 5.91 Å². The molecule has 1 amide bonds. The quantitative estimate of drug-likeness (QED) is 0.289. The van der Waals surface area contributed by atoms with Crippen molar-refractivity contribution in [1.82, 2.24) is 0 Å². The smallest absolute Gasteiger partial charge is 0.337 e. The largest absolute Gasteiger partial charge is 0.507 e. The van der Waals surface area contributed by atoms with Gasteiger partial charge in [-0.25, -0.2) is 4.79 Å². The van der Waals surface area contributed by atoms with Crippen LogP contribution in [-0.4, -0.2) is 22.1 Å². The summed E-state index contributed by atoms with van der Waals surface area (Å²) in [5.41, 5.74) is 4.34. The normalized spacial score (nSPS) is 12.0. The number of phenols is 1. The van der Waals surface area contributed by atoms with Crippen LogP contribution in [0.3, 0.4) is 0 Å². The molecule has 0 spiro atoms. The van der Waals surface area contributed by atoms with Crippen LogP contribution in [-0.2, 0) is 22.2 Å². The minimum Gasteiger partial charge on any atom is -0.507 e. The molecular formula is C32H37NO5. The zero-order valence-corrected chi connectivity index (χ0v) is 23.2. The number of hydrogen-bond donors (Lipinski definition) is 3. The average Bonchev–Trinajstić information content (AvgIpc) is 2.81. The molecule has 3 aromatic rings. The molecule has 0 aliphatic carbocycles. The summed E-state index contributed by atoms with van der Waals surface area (Å²) in [4.78, 5) is 23.7. The van der Waals surface area contributed by atoms with Crippen molar-refractivity contribution in [1.29, 1.82) is 0 Å². The Balaban J connectivity index is 1.74. The lowest BCUT2D eigenvalue weighted by Gasteiger charge is -2.28. The summed E-state index contributed by atoms with van der Waals surface area (Å²) in [5, 5.41) is 22.8. The van der Waals surface area contributed by atoms with Crippen molar-refractivity contribution in [3.63, 3.8) is 0 Å². The molecule has 200 valence electrons. The fourth-order valence-corrected chi connectivity index (χ4v) is 4.15. The molecule has 6 nitrogen and oxygen atoms in total. The van der Waals surface area contributed by atoms with E-state index in [-0.39, 0.29) is 22.1 Å². The van der Waals surface area contributed by atoms with E-state index in [9.17, 15) is 19.8 Å². The molecule has 0 radical (unpaired) electrons. The SMILES string of the molecule is Cc1cc(/C=C/C(=O)Nc2ccccc2C(=O)O)ccc1OCc1cc(C(C)(C)C)c(O)c(C(C)(C)C)c1. The lowest BCUT2D eigenvalue weighted by Crippen LogP contribution is -2.18. The third-order valence-electron chi connectivity index (χ3n) is 6.22. The van der Waals surface area contributed by atoms with Crippen molar-refractivity contribution in [2.24, 2.45) is 0 Å². The van der Waals surface area contributed by atoms with Crippen molar-refractivity contribution in [3.8, 4) is 11.5 Å². The third kappa shape index (κ3) is 7.03. The van der Waals surface area contributed by atoms with Crippen LogP contribution in [0.2, 0.25) is 0 Å². The summed E-state index contributed by atoms with van der Waals surface area (Å²) in [5.74, 6) is -0.456. The Hall–Kier alpha value is -4.06. The van der Waals surface area contributed by atoms with Crippen LogP contribution in [0, 0.1) is 6.92 Å². The first-order valence-corrected chi connectivity index (χ1v) is 12.6. The number of rotatable bonds is 7. The molecule has 0 fully saturated rings. The fourth-order valence-electron chi connectivity index (χ4n) is 4.15. The number of aromatic carboxylic acids is 1. The summed E-state index contributed by atoms with van der Waals surface area (Å²) in [6.07, 6.45) is 3.03. The average molecular weight is 516 g/mol. The molecule has 0 unspecified atom stereocenters. The number of aromatic hydroxyl groups is 1. The molecule has 3 rings (SSSR count). The number of carbonyl (C=O) groups is 2. The molecule has 38 heavy (non-hydrogen) atoms. The van der Waals surface area contributed by atoms with E-state index >= 15 is 0 Å². The number of hydrogen-bond acceptors (Lipinski definition) is 4. The predicted molar refractivity (Wildman–Crippen MR) is 152 cm³/mol. The van der Waals surface area contributed by atoms with E-state index in [0.717, 1.165) is 33.6 Å². The first-order chi connectivity index (χ1) is 17.7.